The standard InChI is InChI=1S/C25H36N3O9P/c1-17(24(32)34-14-12-18-7-5-4-6-8-18)28-38(33)36-16-25(2,3)22(37-38)23(31)26-13-11-21(30)35-15-19-9-10-20(29)27-19/h4-8,17,19,22H,9-16H2,1-3H3,(H,26,31)(H,27,29)(H,28,33)/t17?,19-,22+,38?/m1/s1. The van der Waals surface area contributed by atoms with Gasteiger partial charge in [-0.3, -0.25) is 28.2 Å². The summed E-state index contributed by atoms with van der Waals surface area (Å²) in [7, 11) is -4.02. The van der Waals surface area contributed by atoms with Crippen molar-refractivity contribution in [1.82, 2.24) is 15.7 Å². The number of amides is 2. The quantitative estimate of drug-likeness (QED) is 0.257. The van der Waals surface area contributed by atoms with Crippen LogP contribution in [-0.2, 0) is 48.7 Å². The number of benzene rings is 1. The highest BCUT2D eigenvalue weighted by atomic mass is 31.2. The minimum atomic E-state index is -4.02. The minimum Gasteiger partial charge on any atom is -0.464 e. The number of hydrogen-bond donors (Lipinski definition) is 3. The fraction of sp³-hybridized carbons (Fsp3) is 0.600. The van der Waals surface area contributed by atoms with Crippen molar-refractivity contribution in [2.75, 3.05) is 26.4 Å². The first-order valence-corrected chi connectivity index (χ1v) is 14.2. The van der Waals surface area contributed by atoms with Gasteiger partial charge in [-0.05, 0) is 18.9 Å². The summed E-state index contributed by atoms with van der Waals surface area (Å²) in [5.41, 5.74) is 0.180. The van der Waals surface area contributed by atoms with Gasteiger partial charge in [0.05, 0.1) is 25.7 Å². The summed E-state index contributed by atoms with van der Waals surface area (Å²) in [4.78, 5) is 48.4. The van der Waals surface area contributed by atoms with Crippen molar-refractivity contribution >= 4 is 31.5 Å². The van der Waals surface area contributed by atoms with Crippen molar-refractivity contribution in [3.05, 3.63) is 35.9 Å². The minimum absolute atomic E-state index is 0.0205. The predicted octanol–water partition coefficient (Wildman–Crippen LogP) is 1.63. The summed E-state index contributed by atoms with van der Waals surface area (Å²) in [5.74, 6) is -1.80. The average molecular weight is 554 g/mol. The first-order valence-electron chi connectivity index (χ1n) is 12.6. The van der Waals surface area contributed by atoms with Gasteiger partial charge < -0.3 is 20.1 Å². The van der Waals surface area contributed by atoms with Gasteiger partial charge in [0.25, 0.3) is 0 Å². The van der Waals surface area contributed by atoms with Crippen LogP contribution in [0.25, 0.3) is 0 Å². The van der Waals surface area contributed by atoms with Crippen LogP contribution in [0.5, 0.6) is 0 Å². The Hall–Kier alpha value is -2.79. The monoisotopic (exact) mass is 553 g/mol. The van der Waals surface area contributed by atoms with E-state index in [2.05, 4.69) is 15.7 Å². The number of ether oxygens (including phenoxy) is 2. The Morgan fingerprint density at radius 2 is 1.95 bits per heavy atom. The second-order valence-corrected chi connectivity index (χ2v) is 11.7. The van der Waals surface area contributed by atoms with Crippen molar-refractivity contribution in [2.45, 2.75) is 64.6 Å². The van der Waals surface area contributed by atoms with E-state index in [0.717, 1.165) is 5.56 Å². The van der Waals surface area contributed by atoms with Crippen LogP contribution < -0.4 is 15.7 Å². The molecule has 38 heavy (non-hydrogen) atoms. The summed E-state index contributed by atoms with van der Waals surface area (Å²) in [6, 6.07) is 8.32. The molecule has 3 rings (SSSR count). The maximum atomic E-state index is 13.2. The number of hydrogen-bond acceptors (Lipinski definition) is 9. The van der Waals surface area contributed by atoms with Gasteiger partial charge in [0, 0.05) is 24.8 Å². The van der Waals surface area contributed by atoms with E-state index >= 15 is 0 Å². The van der Waals surface area contributed by atoms with Gasteiger partial charge in [-0.15, -0.1) is 0 Å². The molecule has 2 fully saturated rings. The first kappa shape index (κ1) is 29.8. The number of rotatable bonds is 12. The molecule has 2 saturated heterocycles. The molecule has 12 nitrogen and oxygen atoms in total. The van der Waals surface area contributed by atoms with Gasteiger partial charge in [0.2, 0.25) is 11.8 Å². The predicted molar refractivity (Wildman–Crippen MR) is 136 cm³/mol. The lowest BCUT2D eigenvalue weighted by Crippen LogP contribution is -2.51. The Kier molecular flexibility index (Phi) is 10.4. The van der Waals surface area contributed by atoms with Crippen LogP contribution in [0.2, 0.25) is 0 Å². The zero-order valence-electron chi connectivity index (χ0n) is 21.9. The van der Waals surface area contributed by atoms with Crippen LogP contribution in [0.4, 0.5) is 0 Å². The zero-order chi connectivity index (χ0) is 27.8. The van der Waals surface area contributed by atoms with Gasteiger partial charge >= 0.3 is 19.7 Å². The largest absolute Gasteiger partial charge is 0.464 e. The van der Waals surface area contributed by atoms with E-state index in [1.807, 2.05) is 30.3 Å². The first-order chi connectivity index (χ1) is 18.0. The summed E-state index contributed by atoms with van der Waals surface area (Å²) >= 11 is 0. The lowest BCUT2D eigenvalue weighted by Gasteiger charge is -2.40. The van der Waals surface area contributed by atoms with E-state index in [9.17, 15) is 23.7 Å². The number of carbonyl (C=O) groups excluding carboxylic acids is 4. The van der Waals surface area contributed by atoms with E-state index in [0.29, 0.717) is 19.3 Å². The molecule has 3 N–H and O–H groups in total. The third-order valence-electron chi connectivity index (χ3n) is 6.14. The molecular weight excluding hydrogens is 517 g/mol. The molecular formula is C25H36N3O9P. The van der Waals surface area contributed by atoms with Gasteiger partial charge in [0.15, 0.2) is 6.10 Å². The summed E-state index contributed by atoms with van der Waals surface area (Å²) < 4.78 is 34.6. The highest BCUT2D eigenvalue weighted by Crippen LogP contribution is 2.53. The van der Waals surface area contributed by atoms with Gasteiger partial charge in [-0.2, -0.15) is 0 Å². The van der Waals surface area contributed by atoms with Crippen LogP contribution in [-0.4, -0.2) is 68.3 Å². The van der Waals surface area contributed by atoms with E-state index in [1.54, 1.807) is 13.8 Å². The lowest BCUT2D eigenvalue weighted by molar-refractivity contribution is -0.145. The highest BCUT2D eigenvalue weighted by Gasteiger charge is 2.49. The molecule has 13 heteroatoms. The van der Waals surface area contributed by atoms with Crippen LogP contribution in [0.15, 0.2) is 30.3 Å². The molecule has 0 aliphatic carbocycles. The highest BCUT2D eigenvalue weighted by molar-refractivity contribution is 7.51. The fourth-order valence-electron chi connectivity index (χ4n) is 3.89. The van der Waals surface area contributed by atoms with Crippen LogP contribution >= 0.6 is 7.75 Å². The molecule has 0 radical (unpaired) electrons. The number of carbonyl (C=O) groups is 4. The Morgan fingerprint density at radius 3 is 2.63 bits per heavy atom. The number of nitrogens with one attached hydrogen (secondary N) is 3. The Morgan fingerprint density at radius 1 is 1.21 bits per heavy atom. The van der Waals surface area contributed by atoms with E-state index in [1.165, 1.54) is 6.92 Å². The molecule has 2 amide bonds. The Balaban J connectivity index is 1.43. The smallest absolute Gasteiger partial charge is 0.407 e. The molecule has 210 valence electrons. The Bertz CT molecular complexity index is 1050. The van der Waals surface area contributed by atoms with E-state index < -0.39 is 43.2 Å². The molecule has 0 aromatic heterocycles. The molecule has 0 bridgehead atoms. The van der Waals surface area contributed by atoms with Crippen molar-refractivity contribution in [3.8, 4) is 0 Å². The third kappa shape index (κ3) is 8.90. The van der Waals surface area contributed by atoms with Gasteiger partial charge in [-0.1, -0.05) is 44.2 Å². The second-order valence-electron chi connectivity index (χ2n) is 10.0. The molecule has 2 aliphatic rings. The van der Waals surface area contributed by atoms with Gasteiger partial charge in [0.1, 0.15) is 12.6 Å². The van der Waals surface area contributed by atoms with Crippen LogP contribution in [0.3, 0.4) is 0 Å². The van der Waals surface area contributed by atoms with Gasteiger partial charge in [-0.25, -0.2) is 9.65 Å². The summed E-state index contributed by atoms with van der Waals surface area (Å²) in [5, 5.41) is 7.84. The maximum Gasteiger partial charge on any atom is 0.407 e. The van der Waals surface area contributed by atoms with Crippen molar-refractivity contribution in [3.63, 3.8) is 0 Å². The number of esters is 2. The van der Waals surface area contributed by atoms with E-state index in [4.69, 9.17) is 18.5 Å². The normalized spacial score (nSPS) is 25.2. The van der Waals surface area contributed by atoms with Crippen molar-refractivity contribution in [1.29, 1.82) is 0 Å². The molecule has 1 aromatic rings. The molecule has 2 aliphatic heterocycles. The van der Waals surface area contributed by atoms with Crippen LogP contribution in [0.1, 0.15) is 45.6 Å². The molecule has 4 atom stereocenters. The molecule has 2 unspecified atom stereocenters. The summed E-state index contributed by atoms with van der Waals surface area (Å²) in [6.45, 7) is 5.04. The fourth-order valence-corrected chi connectivity index (χ4v) is 5.82. The Labute approximate surface area is 222 Å². The maximum absolute atomic E-state index is 13.2. The van der Waals surface area contributed by atoms with E-state index in [-0.39, 0.29) is 44.7 Å². The third-order valence-corrected chi connectivity index (χ3v) is 7.80. The van der Waals surface area contributed by atoms with Crippen molar-refractivity contribution < 1.29 is 42.3 Å². The SMILES string of the molecule is CC(NP1(=O)OCC(C)(C)[C@H](C(=O)NCCC(=O)OC[C@H]2CCC(=O)N2)O1)C(=O)OCCc1ccccc1. The van der Waals surface area contributed by atoms with Crippen LogP contribution in [0, 0.1) is 5.41 Å². The summed E-state index contributed by atoms with van der Waals surface area (Å²) in [6.07, 6.45) is 0.298. The lowest BCUT2D eigenvalue weighted by atomic mass is 9.87. The van der Waals surface area contributed by atoms with Crippen molar-refractivity contribution in [2.24, 2.45) is 5.41 Å². The second kappa shape index (κ2) is 13.3. The molecule has 1 aromatic carbocycles. The molecule has 2 heterocycles. The zero-order valence-corrected chi connectivity index (χ0v) is 22.8. The average Bonchev–Trinajstić information content (AvgIpc) is 3.30. The molecule has 0 spiro atoms. The molecule has 0 saturated carbocycles. The topological polar surface area (TPSA) is 158 Å².